The molecule has 2 N–H and O–H groups in total. The highest BCUT2D eigenvalue weighted by molar-refractivity contribution is 7.21. The summed E-state index contributed by atoms with van der Waals surface area (Å²) in [6.45, 7) is 9.82. The molecule has 2 aromatic carbocycles. The second-order valence-corrected chi connectivity index (χ2v) is 9.63. The van der Waals surface area contributed by atoms with Crippen molar-refractivity contribution in [2.45, 2.75) is 34.6 Å². The predicted octanol–water partition coefficient (Wildman–Crippen LogP) is 7.00. The number of halogens is 1. The molecule has 0 aliphatic rings. The Morgan fingerprint density at radius 2 is 1.48 bits per heavy atom. The van der Waals surface area contributed by atoms with Crippen LogP contribution < -0.4 is 10.6 Å². The molecule has 0 spiro atoms. The number of pyridine rings is 1. The van der Waals surface area contributed by atoms with Crippen molar-refractivity contribution in [1.29, 1.82) is 0 Å². The van der Waals surface area contributed by atoms with Crippen LogP contribution in [-0.2, 0) is 0 Å². The van der Waals surface area contributed by atoms with Crippen LogP contribution in [0.3, 0.4) is 0 Å². The number of anilines is 2. The Hall–Kier alpha value is -3.22. The molecule has 0 radical (unpaired) electrons. The van der Waals surface area contributed by atoms with Gasteiger partial charge in [0.2, 0.25) is 0 Å². The second kappa shape index (κ2) is 8.96. The third-order valence-electron chi connectivity index (χ3n) is 5.47. The Balaban J connectivity index is 1.81. The topological polar surface area (TPSA) is 71.1 Å². The fourth-order valence-electron chi connectivity index (χ4n) is 4.09. The summed E-state index contributed by atoms with van der Waals surface area (Å²) in [6, 6.07) is 12.8. The van der Waals surface area contributed by atoms with Crippen LogP contribution in [0.1, 0.15) is 48.0 Å². The van der Waals surface area contributed by atoms with E-state index in [0.29, 0.717) is 26.0 Å². The number of amides is 2. The minimum atomic E-state index is -0.378. The quantitative estimate of drug-likeness (QED) is 0.332. The molecule has 168 valence electrons. The van der Waals surface area contributed by atoms with E-state index in [9.17, 15) is 9.59 Å². The Morgan fingerprint density at radius 3 is 2.15 bits per heavy atom. The standard InChI is InChI=1S/C26H24ClN3O2S/c1-13-10-15(3)21(16(4)11-13)29-25(32)23-22(20-14(2)12-17(5)28-26(20)33-23)30-24(31)18-8-6-7-9-19(18)27/h6-12H,1-5H3,(H,29,32)(H,30,31). The van der Waals surface area contributed by atoms with Gasteiger partial charge in [-0.05, 0) is 69.5 Å². The average Bonchev–Trinajstić information content (AvgIpc) is 3.09. The van der Waals surface area contributed by atoms with Gasteiger partial charge in [0.15, 0.2) is 0 Å². The highest BCUT2D eigenvalue weighted by atomic mass is 35.5. The van der Waals surface area contributed by atoms with E-state index in [1.165, 1.54) is 11.3 Å². The summed E-state index contributed by atoms with van der Waals surface area (Å²) < 4.78 is 0. The van der Waals surface area contributed by atoms with Gasteiger partial charge in [0.05, 0.1) is 16.3 Å². The minimum Gasteiger partial charge on any atom is -0.321 e. The van der Waals surface area contributed by atoms with Crippen LogP contribution in [0.4, 0.5) is 11.4 Å². The zero-order valence-electron chi connectivity index (χ0n) is 19.1. The van der Waals surface area contributed by atoms with Crippen LogP contribution >= 0.6 is 22.9 Å². The summed E-state index contributed by atoms with van der Waals surface area (Å²) in [5.74, 6) is -0.670. The normalized spacial score (nSPS) is 11.0. The Kier molecular flexibility index (Phi) is 6.23. The van der Waals surface area contributed by atoms with E-state index in [2.05, 4.69) is 15.6 Å². The fraction of sp³-hybridized carbons (Fsp3) is 0.192. The third kappa shape index (κ3) is 4.49. The number of benzene rings is 2. The molecule has 0 unspecified atom stereocenters. The summed E-state index contributed by atoms with van der Waals surface area (Å²) >= 11 is 7.50. The van der Waals surface area contributed by atoms with Crippen molar-refractivity contribution >= 4 is 56.3 Å². The summed E-state index contributed by atoms with van der Waals surface area (Å²) in [6.07, 6.45) is 0. The number of hydrogen-bond acceptors (Lipinski definition) is 4. The number of carbonyl (C=O) groups excluding carboxylic acids is 2. The lowest BCUT2D eigenvalue weighted by Crippen LogP contribution is -2.18. The summed E-state index contributed by atoms with van der Waals surface area (Å²) in [5.41, 5.74) is 6.44. The van der Waals surface area contributed by atoms with Gasteiger partial charge in [-0.3, -0.25) is 9.59 Å². The molecule has 2 amide bonds. The molecule has 0 bridgehead atoms. The molecule has 0 atom stereocenters. The zero-order valence-corrected chi connectivity index (χ0v) is 20.7. The zero-order chi connectivity index (χ0) is 23.9. The molecule has 0 fully saturated rings. The van der Waals surface area contributed by atoms with Crippen molar-refractivity contribution in [3.05, 3.63) is 85.9 Å². The summed E-state index contributed by atoms with van der Waals surface area (Å²) in [7, 11) is 0. The molecule has 2 heterocycles. The van der Waals surface area contributed by atoms with E-state index < -0.39 is 0 Å². The first kappa shape index (κ1) is 23.0. The lowest BCUT2D eigenvalue weighted by Gasteiger charge is -2.14. The molecule has 2 aromatic heterocycles. The van der Waals surface area contributed by atoms with Crippen molar-refractivity contribution in [3.63, 3.8) is 0 Å². The molecule has 4 rings (SSSR count). The number of thiophene rings is 1. The average molecular weight is 478 g/mol. The van der Waals surface area contributed by atoms with Crippen LogP contribution in [0, 0.1) is 34.6 Å². The highest BCUT2D eigenvalue weighted by Crippen LogP contribution is 2.38. The van der Waals surface area contributed by atoms with Gasteiger partial charge in [0.1, 0.15) is 9.71 Å². The van der Waals surface area contributed by atoms with E-state index >= 15 is 0 Å². The summed E-state index contributed by atoms with van der Waals surface area (Å²) in [5, 5.41) is 7.09. The molecular weight excluding hydrogens is 454 g/mol. The lowest BCUT2D eigenvalue weighted by molar-refractivity contribution is 0.102. The largest absolute Gasteiger partial charge is 0.321 e. The van der Waals surface area contributed by atoms with Crippen molar-refractivity contribution in [1.82, 2.24) is 4.98 Å². The second-order valence-electron chi connectivity index (χ2n) is 8.23. The van der Waals surface area contributed by atoms with Gasteiger partial charge in [0, 0.05) is 16.8 Å². The van der Waals surface area contributed by atoms with Gasteiger partial charge in [-0.25, -0.2) is 4.98 Å². The number of nitrogens with zero attached hydrogens (tertiary/aromatic N) is 1. The minimum absolute atomic E-state index is 0.292. The predicted molar refractivity (Wildman–Crippen MR) is 137 cm³/mol. The maximum Gasteiger partial charge on any atom is 0.267 e. The monoisotopic (exact) mass is 477 g/mol. The number of aryl methyl sites for hydroxylation is 5. The highest BCUT2D eigenvalue weighted by Gasteiger charge is 2.24. The molecule has 4 aromatic rings. The van der Waals surface area contributed by atoms with Gasteiger partial charge >= 0.3 is 0 Å². The number of aromatic nitrogens is 1. The number of rotatable bonds is 4. The van der Waals surface area contributed by atoms with Crippen LogP contribution in [-0.4, -0.2) is 16.8 Å². The Bertz CT molecular complexity index is 1400. The van der Waals surface area contributed by atoms with E-state index in [-0.39, 0.29) is 11.8 Å². The van der Waals surface area contributed by atoms with Crippen LogP contribution in [0.25, 0.3) is 10.2 Å². The maximum absolute atomic E-state index is 13.5. The van der Waals surface area contributed by atoms with E-state index in [0.717, 1.165) is 39.0 Å². The Labute approximate surface area is 201 Å². The smallest absolute Gasteiger partial charge is 0.267 e. The maximum atomic E-state index is 13.5. The van der Waals surface area contributed by atoms with Crippen molar-refractivity contribution in [2.75, 3.05) is 10.6 Å². The molecule has 0 aliphatic carbocycles. The number of fused-ring (bicyclic) bond motifs is 1. The first-order chi connectivity index (χ1) is 15.7. The fourth-order valence-corrected chi connectivity index (χ4v) is 5.46. The van der Waals surface area contributed by atoms with Gasteiger partial charge in [-0.15, -0.1) is 11.3 Å². The lowest BCUT2D eigenvalue weighted by atomic mass is 10.0. The van der Waals surface area contributed by atoms with Gasteiger partial charge < -0.3 is 10.6 Å². The molecule has 0 aliphatic heterocycles. The molecule has 33 heavy (non-hydrogen) atoms. The summed E-state index contributed by atoms with van der Waals surface area (Å²) in [4.78, 5) is 32.3. The van der Waals surface area contributed by atoms with Crippen LogP contribution in [0.15, 0.2) is 42.5 Å². The van der Waals surface area contributed by atoms with Gasteiger partial charge in [0.25, 0.3) is 11.8 Å². The molecular formula is C26H24ClN3O2S. The van der Waals surface area contributed by atoms with Gasteiger partial charge in [-0.1, -0.05) is 41.4 Å². The van der Waals surface area contributed by atoms with Crippen molar-refractivity contribution in [2.24, 2.45) is 0 Å². The Morgan fingerprint density at radius 1 is 0.848 bits per heavy atom. The molecule has 7 heteroatoms. The van der Waals surface area contributed by atoms with Crippen molar-refractivity contribution < 1.29 is 9.59 Å². The molecule has 0 saturated carbocycles. The van der Waals surface area contributed by atoms with Crippen LogP contribution in [0.5, 0.6) is 0 Å². The van der Waals surface area contributed by atoms with Crippen LogP contribution in [0.2, 0.25) is 5.02 Å². The van der Waals surface area contributed by atoms with Gasteiger partial charge in [-0.2, -0.15) is 0 Å². The molecule has 0 saturated heterocycles. The van der Waals surface area contributed by atoms with Crippen molar-refractivity contribution in [3.8, 4) is 0 Å². The first-order valence-electron chi connectivity index (χ1n) is 10.5. The number of carbonyl (C=O) groups is 2. The molecule has 5 nitrogen and oxygen atoms in total. The third-order valence-corrected chi connectivity index (χ3v) is 6.88. The van der Waals surface area contributed by atoms with E-state index in [4.69, 9.17) is 11.6 Å². The SMILES string of the molecule is Cc1cc(C)c(NC(=O)c2sc3nc(C)cc(C)c3c2NC(=O)c2ccccc2Cl)c(C)c1. The number of hydrogen-bond donors (Lipinski definition) is 2. The van der Waals surface area contributed by atoms with E-state index in [1.807, 2.05) is 52.8 Å². The van der Waals surface area contributed by atoms with E-state index in [1.54, 1.807) is 24.3 Å². The first-order valence-corrected chi connectivity index (χ1v) is 11.7. The number of nitrogens with one attached hydrogen (secondary N) is 2.